The smallest absolute Gasteiger partial charge is 0.407 e. The van der Waals surface area contributed by atoms with Gasteiger partial charge in [-0.05, 0) is 47.2 Å². The van der Waals surface area contributed by atoms with E-state index in [1.54, 1.807) is 6.07 Å². The lowest BCUT2D eigenvalue weighted by molar-refractivity contribution is 0.150. The van der Waals surface area contributed by atoms with Crippen molar-refractivity contribution in [1.82, 2.24) is 9.88 Å². The molecule has 0 saturated carbocycles. The Balaban J connectivity index is 1.66. The molecule has 3 aromatic rings. The molecule has 0 fully saturated rings. The second-order valence-corrected chi connectivity index (χ2v) is 7.52. The molecule has 0 spiro atoms. The zero-order valence-corrected chi connectivity index (χ0v) is 16.6. The van der Waals surface area contributed by atoms with Gasteiger partial charge in [0.15, 0.2) is 0 Å². The maximum atomic E-state index is 11.2. The summed E-state index contributed by atoms with van der Waals surface area (Å²) in [6, 6.07) is 22.3. The summed E-state index contributed by atoms with van der Waals surface area (Å²) in [5, 5.41) is 18.8. The number of hydrogen-bond donors (Lipinski definition) is 2. The molecule has 1 aromatic heterocycles. The van der Waals surface area contributed by atoms with Gasteiger partial charge in [0.1, 0.15) is 5.75 Å². The summed E-state index contributed by atoms with van der Waals surface area (Å²) in [6.45, 7) is 0.931. The first-order chi connectivity index (χ1) is 14.6. The molecule has 1 atom stereocenters. The summed E-state index contributed by atoms with van der Waals surface area (Å²) in [5.74, 6) is 0.203. The summed E-state index contributed by atoms with van der Waals surface area (Å²) >= 11 is 0. The van der Waals surface area contributed by atoms with Gasteiger partial charge in [0, 0.05) is 24.7 Å². The number of carboxylic acid groups (broad SMARTS) is 1. The highest BCUT2D eigenvalue weighted by molar-refractivity contribution is 5.71. The highest BCUT2D eigenvalue weighted by Gasteiger charge is 2.20. The molecule has 1 amide bonds. The molecule has 0 radical (unpaired) electrons. The van der Waals surface area contributed by atoms with Gasteiger partial charge in [-0.25, -0.2) is 4.79 Å². The number of aromatic hydroxyl groups is 1. The van der Waals surface area contributed by atoms with Gasteiger partial charge < -0.3 is 15.1 Å². The Morgan fingerprint density at radius 1 is 1.07 bits per heavy atom. The molecule has 0 bridgehead atoms. The van der Waals surface area contributed by atoms with Crippen molar-refractivity contribution >= 4 is 11.7 Å². The van der Waals surface area contributed by atoms with E-state index in [2.05, 4.69) is 35.3 Å². The van der Waals surface area contributed by atoms with Gasteiger partial charge in [0.05, 0.1) is 6.20 Å². The largest absolute Gasteiger partial charge is 0.506 e. The Hall–Kier alpha value is -3.60. The fourth-order valence-corrected chi connectivity index (χ4v) is 3.91. The lowest BCUT2D eigenvalue weighted by Gasteiger charge is -2.24. The van der Waals surface area contributed by atoms with E-state index < -0.39 is 6.09 Å². The molecule has 5 nitrogen and oxygen atoms in total. The predicted octanol–water partition coefficient (Wildman–Crippen LogP) is 4.93. The number of carbonyl (C=O) groups is 1. The average molecular weight is 400 g/mol. The summed E-state index contributed by atoms with van der Waals surface area (Å²) in [6.07, 6.45) is 4.12. The molecule has 4 rings (SSSR count). The van der Waals surface area contributed by atoms with Crippen molar-refractivity contribution in [2.45, 2.75) is 18.8 Å². The third kappa shape index (κ3) is 4.51. The van der Waals surface area contributed by atoms with Crippen molar-refractivity contribution in [3.63, 3.8) is 0 Å². The van der Waals surface area contributed by atoms with Crippen LogP contribution in [0.3, 0.4) is 0 Å². The maximum Gasteiger partial charge on any atom is 0.407 e. The highest BCUT2D eigenvalue weighted by Crippen LogP contribution is 2.31. The molecule has 0 aliphatic carbocycles. The zero-order valence-electron chi connectivity index (χ0n) is 16.6. The third-order valence-corrected chi connectivity index (χ3v) is 5.55. The number of benzene rings is 2. The van der Waals surface area contributed by atoms with Gasteiger partial charge in [-0.3, -0.25) is 4.98 Å². The van der Waals surface area contributed by atoms with E-state index in [1.807, 2.05) is 36.4 Å². The van der Waals surface area contributed by atoms with E-state index >= 15 is 0 Å². The van der Waals surface area contributed by atoms with Crippen molar-refractivity contribution in [2.75, 3.05) is 13.1 Å². The van der Waals surface area contributed by atoms with Gasteiger partial charge >= 0.3 is 6.09 Å². The Bertz CT molecular complexity index is 1050. The van der Waals surface area contributed by atoms with Crippen molar-refractivity contribution in [1.29, 1.82) is 0 Å². The van der Waals surface area contributed by atoms with E-state index in [4.69, 9.17) is 5.11 Å². The number of hydrogen-bond acceptors (Lipinski definition) is 3. The predicted molar refractivity (Wildman–Crippen MR) is 117 cm³/mol. The molecular weight excluding hydrogens is 376 g/mol. The normalized spacial score (nSPS) is 14.8. The molecular formula is C25H24N2O3. The fraction of sp³-hybridized carbons (Fsp3) is 0.200. The molecule has 5 heteroatoms. The third-order valence-electron chi connectivity index (χ3n) is 5.55. The Morgan fingerprint density at radius 2 is 1.90 bits per heavy atom. The lowest BCUT2D eigenvalue weighted by Crippen LogP contribution is -2.33. The molecule has 2 aromatic carbocycles. The first-order valence-corrected chi connectivity index (χ1v) is 10.1. The Kier molecular flexibility index (Phi) is 5.80. The van der Waals surface area contributed by atoms with E-state index in [-0.39, 0.29) is 11.7 Å². The van der Waals surface area contributed by atoms with E-state index in [1.165, 1.54) is 22.2 Å². The zero-order chi connectivity index (χ0) is 20.9. The van der Waals surface area contributed by atoms with Crippen LogP contribution >= 0.6 is 0 Å². The highest BCUT2D eigenvalue weighted by atomic mass is 16.4. The average Bonchev–Trinajstić information content (AvgIpc) is 2.79. The minimum absolute atomic E-state index is 0.0488. The topological polar surface area (TPSA) is 73.7 Å². The van der Waals surface area contributed by atoms with Crippen LogP contribution in [0.15, 0.2) is 79.0 Å². The quantitative estimate of drug-likeness (QED) is 0.637. The summed E-state index contributed by atoms with van der Waals surface area (Å²) in [7, 11) is 0. The van der Waals surface area contributed by atoms with Gasteiger partial charge in [-0.2, -0.15) is 0 Å². The number of rotatable bonds is 5. The summed E-state index contributed by atoms with van der Waals surface area (Å²) in [5.41, 5.74) is 5.57. The molecule has 1 aliphatic rings. The van der Waals surface area contributed by atoms with Crippen LogP contribution in [0.25, 0.3) is 5.57 Å². The SMILES string of the molecule is O=C(O)N1CC=C(c2cccc(C(Cc3ccccc3)c3ccc(O)cn3)c2)CC1. The summed E-state index contributed by atoms with van der Waals surface area (Å²) in [4.78, 5) is 17.1. The van der Waals surface area contributed by atoms with Crippen molar-refractivity contribution < 1.29 is 15.0 Å². The lowest BCUT2D eigenvalue weighted by atomic mass is 9.86. The van der Waals surface area contributed by atoms with Crippen LogP contribution in [0.4, 0.5) is 4.79 Å². The first kappa shape index (κ1) is 19.7. The van der Waals surface area contributed by atoms with Crippen LogP contribution in [0.1, 0.15) is 34.7 Å². The van der Waals surface area contributed by atoms with E-state index in [0.717, 1.165) is 23.2 Å². The Labute approximate surface area is 175 Å². The van der Waals surface area contributed by atoms with Crippen LogP contribution in [-0.2, 0) is 6.42 Å². The second kappa shape index (κ2) is 8.82. The van der Waals surface area contributed by atoms with Crippen LogP contribution in [-0.4, -0.2) is 39.3 Å². The molecule has 152 valence electrons. The standard InChI is InChI=1S/C25H24N2O3/c28-22-9-10-24(26-17-22)23(15-18-5-2-1-3-6-18)21-8-4-7-20(16-21)19-11-13-27(14-12-19)25(29)30/h1-11,16-17,23,28H,12-15H2,(H,29,30). The molecule has 2 N–H and O–H groups in total. The molecule has 30 heavy (non-hydrogen) atoms. The van der Waals surface area contributed by atoms with Gasteiger partial charge in [0.25, 0.3) is 0 Å². The molecule has 0 saturated heterocycles. The first-order valence-electron chi connectivity index (χ1n) is 10.1. The van der Waals surface area contributed by atoms with Crippen LogP contribution in [0, 0.1) is 0 Å². The molecule has 1 aliphatic heterocycles. The van der Waals surface area contributed by atoms with Crippen LogP contribution in [0.5, 0.6) is 5.75 Å². The monoisotopic (exact) mass is 400 g/mol. The second-order valence-electron chi connectivity index (χ2n) is 7.52. The van der Waals surface area contributed by atoms with Crippen molar-refractivity contribution in [3.05, 3.63) is 101 Å². The fourth-order valence-electron chi connectivity index (χ4n) is 3.91. The maximum absolute atomic E-state index is 11.2. The number of amides is 1. The van der Waals surface area contributed by atoms with Gasteiger partial charge in [-0.1, -0.05) is 60.7 Å². The minimum atomic E-state index is -0.875. The summed E-state index contributed by atoms with van der Waals surface area (Å²) < 4.78 is 0. The van der Waals surface area contributed by atoms with Gasteiger partial charge in [-0.15, -0.1) is 0 Å². The van der Waals surface area contributed by atoms with Crippen molar-refractivity contribution in [3.8, 4) is 5.75 Å². The van der Waals surface area contributed by atoms with E-state index in [0.29, 0.717) is 19.5 Å². The number of aromatic nitrogens is 1. The van der Waals surface area contributed by atoms with E-state index in [9.17, 15) is 9.90 Å². The van der Waals surface area contributed by atoms with Crippen molar-refractivity contribution in [2.24, 2.45) is 0 Å². The molecule has 2 heterocycles. The van der Waals surface area contributed by atoms with Gasteiger partial charge in [0.2, 0.25) is 0 Å². The molecule has 1 unspecified atom stereocenters. The van der Waals surface area contributed by atoms with Crippen LogP contribution in [0.2, 0.25) is 0 Å². The number of nitrogens with zero attached hydrogens (tertiary/aromatic N) is 2. The number of pyridine rings is 1. The minimum Gasteiger partial charge on any atom is -0.506 e. The van der Waals surface area contributed by atoms with Crippen LogP contribution < -0.4 is 0 Å². The Morgan fingerprint density at radius 3 is 2.57 bits per heavy atom.